The molecule has 1 rings (SSSR count). The molecule has 0 fully saturated rings. The predicted octanol–water partition coefficient (Wildman–Crippen LogP) is 4.19. The van der Waals surface area contributed by atoms with Gasteiger partial charge in [-0.15, -0.1) is 11.3 Å². The van der Waals surface area contributed by atoms with Gasteiger partial charge in [-0.1, -0.05) is 13.8 Å². The van der Waals surface area contributed by atoms with Crippen LogP contribution in [0.15, 0.2) is 14.3 Å². The predicted molar refractivity (Wildman–Crippen MR) is 71.6 cm³/mol. The highest BCUT2D eigenvalue weighted by Crippen LogP contribution is 2.32. The summed E-state index contributed by atoms with van der Waals surface area (Å²) in [6.07, 6.45) is 1.94. The van der Waals surface area contributed by atoms with Gasteiger partial charge in [-0.25, -0.2) is 0 Å². The standard InChI is InChI=1S/C10H13Br2NOS/c1-3-6(4-2)13-10(14)8-5-7(11)9(12)15-8/h5-6H,3-4H2,1-2H3,(H,13,14). The third kappa shape index (κ3) is 3.57. The van der Waals surface area contributed by atoms with Crippen LogP contribution in [0, 0.1) is 0 Å². The molecule has 0 aliphatic heterocycles. The molecule has 5 heteroatoms. The second-order valence-electron chi connectivity index (χ2n) is 3.22. The molecule has 0 spiro atoms. The van der Waals surface area contributed by atoms with Gasteiger partial charge in [0, 0.05) is 10.5 Å². The average Bonchev–Trinajstić information content (AvgIpc) is 2.55. The Balaban J connectivity index is 2.68. The molecule has 0 aliphatic carbocycles. The summed E-state index contributed by atoms with van der Waals surface area (Å²) in [5, 5.41) is 3.00. The molecule has 2 nitrogen and oxygen atoms in total. The molecule has 0 unspecified atom stereocenters. The topological polar surface area (TPSA) is 29.1 Å². The summed E-state index contributed by atoms with van der Waals surface area (Å²) in [6, 6.07) is 2.11. The first-order chi connectivity index (χ1) is 7.08. The quantitative estimate of drug-likeness (QED) is 0.862. The van der Waals surface area contributed by atoms with Crippen LogP contribution in [0.4, 0.5) is 0 Å². The van der Waals surface area contributed by atoms with Gasteiger partial charge in [-0.3, -0.25) is 4.79 Å². The summed E-state index contributed by atoms with van der Waals surface area (Å²) in [7, 11) is 0. The van der Waals surface area contributed by atoms with Crippen LogP contribution in [-0.2, 0) is 0 Å². The molecular weight excluding hydrogens is 342 g/mol. The Morgan fingerprint density at radius 3 is 2.47 bits per heavy atom. The van der Waals surface area contributed by atoms with Crippen LogP contribution in [-0.4, -0.2) is 11.9 Å². The van der Waals surface area contributed by atoms with Crippen molar-refractivity contribution in [2.45, 2.75) is 32.7 Å². The second-order valence-corrected chi connectivity index (χ2v) is 6.44. The lowest BCUT2D eigenvalue weighted by atomic mass is 10.2. The molecule has 15 heavy (non-hydrogen) atoms. The van der Waals surface area contributed by atoms with Crippen LogP contribution < -0.4 is 5.32 Å². The van der Waals surface area contributed by atoms with Crippen molar-refractivity contribution in [3.05, 3.63) is 19.2 Å². The maximum atomic E-state index is 11.8. The van der Waals surface area contributed by atoms with E-state index in [4.69, 9.17) is 0 Å². The van der Waals surface area contributed by atoms with Gasteiger partial charge >= 0.3 is 0 Å². The van der Waals surface area contributed by atoms with Crippen LogP contribution in [0.5, 0.6) is 0 Å². The highest BCUT2D eigenvalue weighted by atomic mass is 79.9. The zero-order chi connectivity index (χ0) is 11.4. The molecule has 0 atom stereocenters. The lowest BCUT2D eigenvalue weighted by molar-refractivity contribution is 0.0939. The van der Waals surface area contributed by atoms with Gasteiger partial charge in [-0.2, -0.15) is 0 Å². The first-order valence-electron chi connectivity index (χ1n) is 4.84. The Bertz CT molecular complexity index is 328. The SMILES string of the molecule is CCC(CC)NC(=O)c1cc(Br)c(Br)s1. The largest absolute Gasteiger partial charge is 0.349 e. The Morgan fingerprint density at radius 2 is 2.07 bits per heavy atom. The normalized spacial score (nSPS) is 10.7. The van der Waals surface area contributed by atoms with Gasteiger partial charge in [0.15, 0.2) is 0 Å². The fraction of sp³-hybridized carbons (Fsp3) is 0.500. The van der Waals surface area contributed by atoms with E-state index in [1.165, 1.54) is 11.3 Å². The van der Waals surface area contributed by atoms with Gasteiger partial charge in [0.05, 0.1) is 8.66 Å². The number of thiophene rings is 1. The molecule has 0 radical (unpaired) electrons. The van der Waals surface area contributed by atoms with Crippen molar-refractivity contribution < 1.29 is 4.79 Å². The minimum Gasteiger partial charge on any atom is -0.349 e. The molecule has 1 N–H and O–H groups in total. The van der Waals surface area contributed by atoms with Crippen LogP contribution in [0.1, 0.15) is 36.4 Å². The average molecular weight is 355 g/mol. The zero-order valence-electron chi connectivity index (χ0n) is 8.64. The molecule has 1 aromatic heterocycles. The molecule has 84 valence electrons. The number of carbonyl (C=O) groups excluding carboxylic acids is 1. The summed E-state index contributed by atoms with van der Waals surface area (Å²) in [6.45, 7) is 4.16. The molecule has 1 aromatic rings. The molecule has 1 heterocycles. The molecule has 0 aliphatic rings. The molecule has 0 saturated heterocycles. The lowest BCUT2D eigenvalue weighted by Crippen LogP contribution is -2.33. The monoisotopic (exact) mass is 353 g/mol. The first kappa shape index (κ1) is 13.2. The molecular formula is C10H13Br2NOS. The Hall–Kier alpha value is 0.130. The number of halogens is 2. The van der Waals surface area contributed by atoms with Crippen molar-refractivity contribution in [2.24, 2.45) is 0 Å². The van der Waals surface area contributed by atoms with E-state index in [0.29, 0.717) is 0 Å². The molecule has 0 bridgehead atoms. The van der Waals surface area contributed by atoms with Crippen LogP contribution in [0.3, 0.4) is 0 Å². The fourth-order valence-electron chi connectivity index (χ4n) is 1.21. The Kier molecular flexibility index (Phi) is 5.29. The number of rotatable bonds is 4. The van der Waals surface area contributed by atoms with E-state index in [2.05, 4.69) is 51.0 Å². The van der Waals surface area contributed by atoms with Crippen molar-refractivity contribution in [1.29, 1.82) is 0 Å². The third-order valence-electron chi connectivity index (χ3n) is 2.19. The van der Waals surface area contributed by atoms with Crippen LogP contribution >= 0.6 is 43.2 Å². The maximum Gasteiger partial charge on any atom is 0.261 e. The lowest BCUT2D eigenvalue weighted by Gasteiger charge is -2.13. The number of hydrogen-bond acceptors (Lipinski definition) is 2. The number of amides is 1. The smallest absolute Gasteiger partial charge is 0.261 e. The van der Waals surface area contributed by atoms with E-state index < -0.39 is 0 Å². The highest BCUT2D eigenvalue weighted by molar-refractivity contribution is 9.13. The van der Waals surface area contributed by atoms with E-state index in [1.54, 1.807) is 0 Å². The number of carbonyl (C=O) groups is 1. The van der Waals surface area contributed by atoms with Crippen molar-refractivity contribution in [2.75, 3.05) is 0 Å². The Labute approximate surface area is 111 Å². The highest BCUT2D eigenvalue weighted by Gasteiger charge is 2.14. The van der Waals surface area contributed by atoms with Crippen molar-refractivity contribution in [3.63, 3.8) is 0 Å². The number of nitrogens with one attached hydrogen (secondary N) is 1. The fourth-order valence-corrected chi connectivity index (χ4v) is 3.15. The number of hydrogen-bond donors (Lipinski definition) is 1. The third-order valence-corrected chi connectivity index (χ3v) is 5.44. The van der Waals surface area contributed by atoms with Gasteiger partial charge in [0.25, 0.3) is 5.91 Å². The maximum absolute atomic E-state index is 11.8. The van der Waals surface area contributed by atoms with Crippen LogP contribution in [0.25, 0.3) is 0 Å². The van der Waals surface area contributed by atoms with E-state index in [9.17, 15) is 4.79 Å². The van der Waals surface area contributed by atoms with Gasteiger partial charge in [0.1, 0.15) is 0 Å². The minimum absolute atomic E-state index is 0.0140. The van der Waals surface area contributed by atoms with Crippen LogP contribution in [0.2, 0.25) is 0 Å². The zero-order valence-corrected chi connectivity index (χ0v) is 12.6. The van der Waals surface area contributed by atoms with Gasteiger partial charge in [0.2, 0.25) is 0 Å². The summed E-state index contributed by atoms with van der Waals surface area (Å²) in [5.74, 6) is 0.0140. The van der Waals surface area contributed by atoms with Gasteiger partial charge in [-0.05, 0) is 50.8 Å². The summed E-state index contributed by atoms with van der Waals surface area (Å²) < 4.78 is 1.89. The van der Waals surface area contributed by atoms with Crippen molar-refractivity contribution >= 4 is 49.1 Å². The summed E-state index contributed by atoms with van der Waals surface area (Å²) in [5.41, 5.74) is 0. The van der Waals surface area contributed by atoms with E-state index >= 15 is 0 Å². The van der Waals surface area contributed by atoms with Gasteiger partial charge < -0.3 is 5.32 Å². The van der Waals surface area contributed by atoms with E-state index in [-0.39, 0.29) is 11.9 Å². The first-order valence-corrected chi connectivity index (χ1v) is 7.24. The summed E-state index contributed by atoms with van der Waals surface area (Å²) >= 11 is 8.19. The minimum atomic E-state index is 0.0140. The van der Waals surface area contributed by atoms with Crippen molar-refractivity contribution in [1.82, 2.24) is 5.32 Å². The molecule has 0 aromatic carbocycles. The van der Waals surface area contributed by atoms with E-state index in [0.717, 1.165) is 26.0 Å². The van der Waals surface area contributed by atoms with Crippen molar-refractivity contribution in [3.8, 4) is 0 Å². The summed E-state index contributed by atoms with van der Waals surface area (Å²) in [4.78, 5) is 12.5. The van der Waals surface area contributed by atoms with E-state index in [1.807, 2.05) is 6.07 Å². The Morgan fingerprint density at radius 1 is 1.47 bits per heavy atom. The second kappa shape index (κ2) is 6.01. The molecule has 0 saturated carbocycles. The molecule has 1 amide bonds.